The lowest BCUT2D eigenvalue weighted by Crippen LogP contribution is -2.26. The lowest BCUT2D eigenvalue weighted by atomic mass is 10.2. The van der Waals surface area contributed by atoms with Gasteiger partial charge in [-0.2, -0.15) is 0 Å². The van der Waals surface area contributed by atoms with Crippen LogP contribution in [0.15, 0.2) is 42.6 Å². The van der Waals surface area contributed by atoms with Gasteiger partial charge in [0.1, 0.15) is 5.75 Å². The van der Waals surface area contributed by atoms with Crippen LogP contribution in [0.5, 0.6) is 11.6 Å². The number of benzene rings is 1. The second-order valence-electron chi connectivity index (χ2n) is 4.59. The first-order valence-electron chi connectivity index (χ1n) is 6.93. The molecular weight excluding hydrogens is 318 g/mol. The van der Waals surface area contributed by atoms with E-state index < -0.39 is 0 Å². The Bertz CT molecular complexity index is 637. The number of hydrogen-bond acceptors (Lipinski definition) is 5. The number of nitrogens with one attached hydrogen (secondary N) is 1. The zero-order valence-corrected chi connectivity index (χ0v) is 13.6. The first-order chi connectivity index (χ1) is 10.7. The van der Waals surface area contributed by atoms with Crippen molar-refractivity contribution in [3.8, 4) is 11.6 Å². The number of amides is 1. The van der Waals surface area contributed by atoms with Crippen LogP contribution in [-0.2, 0) is 11.3 Å². The predicted molar refractivity (Wildman–Crippen MR) is 90.1 cm³/mol. The van der Waals surface area contributed by atoms with Gasteiger partial charge in [0.05, 0.1) is 6.61 Å². The fourth-order valence-corrected chi connectivity index (χ4v) is 1.82. The van der Waals surface area contributed by atoms with E-state index >= 15 is 0 Å². The molecule has 0 atom stereocenters. The summed E-state index contributed by atoms with van der Waals surface area (Å²) in [5.41, 5.74) is 7.03. The van der Waals surface area contributed by atoms with Gasteiger partial charge in [-0.3, -0.25) is 4.79 Å². The topological polar surface area (TPSA) is 86.5 Å². The molecule has 0 unspecified atom stereocenters. The van der Waals surface area contributed by atoms with Crippen molar-refractivity contribution in [3.05, 3.63) is 53.7 Å². The van der Waals surface area contributed by atoms with E-state index in [2.05, 4.69) is 10.3 Å². The van der Waals surface area contributed by atoms with Gasteiger partial charge in [0.2, 0.25) is 5.88 Å². The summed E-state index contributed by atoms with van der Waals surface area (Å²) in [6.45, 7) is 1.35. The number of carbonyl (C=O) groups excluding carboxylic acids is 1. The molecule has 0 aliphatic heterocycles. The van der Waals surface area contributed by atoms with Crippen molar-refractivity contribution in [3.63, 3.8) is 0 Å². The Morgan fingerprint density at radius 2 is 2.13 bits per heavy atom. The molecule has 1 amide bonds. The van der Waals surface area contributed by atoms with Crippen molar-refractivity contribution in [2.45, 2.75) is 6.54 Å². The van der Waals surface area contributed by atoms with Crippen LogP contribution in [-0.4, -0.2) is 31.2 Å². The van der Waals surface area contributed by atoms with Crippen LogP contribution in [0.2, 0.25) is 0 Å². The third kappa shape index (κ3) is 5.86. The van der Waals surface area contributed by atoms with Crippen LogP contribution in [0.4, 0.5) is 0 Å². The molecule has 0 spiro atoms. The van der Waals surface area contributed by atoms with Gasteiger partial charge in [-0.25, -0.2) is 4.98 Å². The smallest absolute Gasteiger partial charge is 0.251 e. The molecule has 1 aromatic carbocycles. The largest absolute Gasteiger partial charge is 0.439 e. The Labute approximate surface area is 141 Å². The number of nitrogens with two attached hydrogens (primary N) is 1. The number of rotatable bonds is 7. The van der Waals surface area contributed by atoms with Crippen molar-refractivity contribution >= 4 is 18.3 Å². The molecule has 0 fully saturated rings. The van der Waals surface area contributed by atoms with Crippen LogP contribution >= 0.6 is 12.4 Å². The maximum absolute atomic E-state index is 12.0. The molecule has 1 heterocycles. The molecule has 2 aromatic rings. The van der Waals surface area contributed by atoms with Gasteiger partial charge in [0.25, 0.3) is 5.91 Å². The monoisotopic (exact) mass is 337 g/mol. The van der Waals surface area contributed by atoms with Crippen molar-refractivity contribution in [2.75, 3.05) is 20.3 Å². The van der Waals surface area contributed by atoms with Crippen molar-refractivity contribution < 1.29 is 14.3 Å². The van der Waals surface area contributed by atoms with E-state index in [4.69, 9.17) is 15.2 Å². The molecule has 0 radical (unpaired) electrons. The number of nitrogens with zero attached hydrogens (tertiary/aromatic N) is 1. The average Bonchev–Trinajstić information content (AvgIpc) is 2.55. The Kier molecular flexibility index (Phi) is 8.04. The van der Waals surface area contributed by atoms with E-state index in [1.54, 1.807) is 43.6 Å². The van der Waals surface area contributed by atoms with Crippen molar-refractivity contribution in [1.82, 2.24) is 10.3 Å². The van der Waals surface area contributed by atoms with Gasteiger partial charge in [-0.1, -0.05) is 6.07 Å². The maximum Gasteiger partial charge on any atom is 0.251 e. The highest BCUT2D eigenvalue weighted by atomic mass is 35.5. The van der Waals surface area contributed by atoms with E-state index in [1.807, 2.05) is 6.07 Å². The number of methoxy groups -OCH3 is 1. The maximum atomic E-state index is 12.0. The number of halogens is 1. The molecule has 0 saturated heterocycles. The molecule has 3 N–H and O–H groups in total. The number of hydrogen-bond donors (Lipinski definition) is 2. The number of ether oxygens (including phenoxy) is 2. The van der Waals surface area contributed by atoms with E-state index in [1.165, 1.54) is 0 Å². The Balaban J connectivity index is 0.00000264. The first kappa shape index (κ1) is 18.9. The molecule has 7 heteroatoms. The number of carbonyl (C=O) groups is 1. The zero-order valence-electron chi connectivity index (χ0n) is 12.8. The normalized spacial score (nSPS) is 9.83. The summed E-state index contributed by atoms with van der Waals surface area (Å²) in [6.07, 6.45) is 1.64. The fraction of sp³-hybridized carbons (Fsp3) is 0.250. The Morgan fingerprint density at radius 3 is 2.87 bits per heavy atom. The highest BCUT2D eigenvalue weighted by molar-refractivity contribution is 5.94. The molecule has 6 nitrogen and oxygen atoms in total. The first-order valence-corrected chi connectivity index (χ1v) is 6.93. The molecule has 23 heavy (non-hydrogen) atoms. The third-order valence-corrected chi connectivity index (χ3v) is 2.95. The minimum Gasteiger partial charge on any atom is -0.439 e. The molecule has 2 rings (SSSR count). The molecule has 0 bridgehead atoms. The number of aromatic nitrogens is 1. The van der Waals surface area contributed by atoms with Gasteiger partial charge in [0, 0.05) is 38.0 Å². The summed E-state index contributed by atoms with van der Waals surface area (Å²) < 4.78 is 10.6. The average molecular weight is 338 g/mol. The van der Waals surface area contributed by atoms with Crippen LogP contribution < -0.4 is 15.8 Å². The molecule has 0 saturated carbocycles. The SMILES string of the molecule is COCCNC(=O)c1cccc(Oc2cc(CN)ccn2)c1.Cl. The van der Waals surface area contributed by atoms with E-state index in [-0.39, 0.29) is 18.3 Å². The summed E-state index contributed by atoms with van der Waals surface area (Å²) in [6, 6.07) is 10.5. The summed E-state index contributed by atoms with van der Waals surface area (Å²) in [4.78, 5) is 16.1. The highest BCUT2D eigenvalue weighted by Gasteiger charge is 2.07. The quantitative estimate of drug-likeness (QED) is 0.756. The second-order valence-corrected chi connectivity index (χ2v) is 4.59. The van der Waals surface area contributed by atoms with Crippen LogP contribution in [0, 0.1) is 0 Å². The molecule has 0 aliphatic carbocycles. The van der Waals surface area contributed by atoms with Gasteiger partial charge in [0.15, 0.2) is 0 Å². The van der Waals surface area contributed by atoms with Crippen molar-refractivity contribution in [1.29, 1.82) is 0 Å². The van der Waals surface area contributed by atoms with Crippen LogP contribution in [0.3, 0.4) is 0 Å². The van der Waals surface area contributed by atoms with Crippen LogP contribution in [0.1, 0.15) is 15.9 Å². The lowest BCUT2D eigenvalue weighted by molar-refractivity contribution is 0.0937. The van der Waals surface area contributed by atoms with Gasteiger partial charge >= 0.3 is 0 Å². The minimum absolute atomic E-state index is 0. The zero-order chi connectivity index (χ0) is 15.8. The van der Waals surface area contributed by atoms with Gasteiger partial charge in [-0.15, -0.1) is 12.4 Å². The van der Waals surface area contributed by atoms with E-state index in [0.29, 0.717) is 36.9 Å². The van der Waals surface area contributed by atoms with Crippen molar-refractivity contribution in [2.24, 2.45) is 5.73 Å². The Hall–Kier alpha value is -2.15. The molecule has 0 aliphatic rings. The summed E-state index contributed by atoms with van der Waals surface area (Å²) in [7, 11) is 1.59. The van der Waals surface area contributed by atoms with Gasteiger partial charge in [-0.05, 0) is 29.8 Å². The molecular formula is C16H20ClN3O3. The lowest BCUT2D eigenvalue weighted by Gasteiger charge is -2.08. The highest BCUT2D eigenvalue weighted by Crippen LogP contribution is 2.21. The van der Waals surface area contributed by atoms with Gasteiger partial charge < -0.3 is 20.5 Å². The van der Waals surface area contributed by atoms with Crippen LogP contribution in [0.25, 0.3) is 0 Å². The minimum atomic E-state index is -0.175. The predicted octanol–water partition coefficient (Wildman–Crippen LogP) is 2.13. The summed E-state index contributed by atoms with van der Waals surface area (Å²) in [5.74, 6) is 0.812. The Morgan fingerprint density at radius 1 is 1.30 bits per heavy atom. The summed E-state index contributed by atoms with van der Waals surface area (Å²) in [5, 5.41) is 2.76. The summed E-state index contributed by atoms with van der Waals surface area (Å²) >= 11 is 0. The third-order valence-electron chi connectivity index (χ3n) is 2.95. The molecule has 1 aromatic heterocycles. The van der Waals surface area contributed by atoms with E-state index in [9.17, 15) is 4.79 Å². The second kappa shape index (κ2) is 9.78. The van der Waals surface area contributed by atoms with E-state index in [0.717, 1.165) is 5.56 Å². The molecule has 124 valence electrons. The number of pyridine rings is 1. The standard InChI is InChI=1S/C16H19N3O3.ClH/c1-21-8-7-19-16(20)13-3-2-4-14(10-13)22-15-9-12(11-17)5-6-18-15;/h2-6,9-10H,7-8,11,17H2,1H3,(H,19,20);1H. The fourth-order valence-electron chi connectivity index (χ4n) is 1.82.